The maximum Gasteiger partial charge on any atom is 0.342 e. The Kier molecular flexibility index (Phi) is 6.82. The van der Waals surface area contributed by atoms with Crippen LogP contribution in [0, 0.1) is 6.92 Å². The molecule has 0 saturated heterocycles. The van der Waals surface area contributed by atoms with Gasteiger partial charge in [0.25, 0.3) is 5.91 Å². The molecule has 0 aliphatic carbocycles. The highest BCUT2D eigenvalue weighted by atomic mass is 35.5. The van der Waals surface area contributed by atoms with E-state index in [1.165, 1.54) is 24.1 Å². The van der Waals surface area contributed by atoms with Gasteiger partial charge in [-0.25, -0.2) is 29.7 Å². The lowest BCUT2D eigenvalue weighted by molar-refractivity contribution is 0.0380. The number of carbonyl (C=O) groups is 3. The van der Waals surface area contributed by atoms with E-state index in [4.69, 9.17) is 26.8 Å². The van der Waals surface area contributed by atoms with Crippen molar-refractivity contribution in [3.8, 4) is 11.7 Å². The van der Waals surface area contributed by atoms with Gasteiger partial charge in [0, 0.05) is 18.8 Å². The zero-order valence-corrected chi connectivity index (χ0v) is 20.7. The summed E-state index contributed by atoms with van der Waals surface area (Å²) in [5.41, 5.74) is 9.98. The number of anilines is 2. The van der Waals surface area contributed by atoms with Gasteiger partial charge >= 0.3 is 12.0 Å². The number of nitrogens with one attached hydrogen (secondary N) is 2. The molecule has 0 saturated carbocycles. The molecule has 0 bridgehead atoms. The third-order valence-corrected chi connectivity index (χ3v) is 5.60. The summed E-state index contributed by atoms with van der Waals surface area (Å²) in [5, 5.41) is 8.34. The topological polar surface area (TPSA) is 154 Å². The average molecular weight is 514 g/mol. The van der Waals surface area contributed by atoms with Crippen LogP contribution in [0.5, 0.6) is 5.88 Å². The van der Waals surface area contributed by atoms with Crippen LogP contribution in [0.4, 0.5) is 16.2 Å². The molecule has 4 rings (SSSR count). The lowest BCUT2D eigenvalue weighted by Gasteiger charge is -2.22. The molecule has 0 radical (unpaired) electrons. The van der Waals surface area contributed by atoms with E-state index in [-0.39, 0.29) is 45.9 Å². The maximum absolute atomic E-state index is 13.5. The van der Waals surface area contributed by atoms with E-state index < -0.39 is 24.0 Å². The first-order chi connectivity index (χ1) is 17.1. The molecular weight excluding hydrogens is 490 g/mol. The van der Waals surface area contributed by atoms with Gasteiger partial charge in [-0.1, -0.05) is 17.7 Å². The van der Waals surface area contributed by atoms with Crippen molar-refractivity contribution in [2.24, 2.45) is 5.73 Å². The number of amides is 3. The number of carbonyl (C=O) groups excluding carboxylic acids is 3. The van der Waals surface area contributed by atoms with Crippen molar-refractivity contribution in [1.29, 1.82) is 0 Å². The van der Waals surface area contributed by atoms with Crippen molar-refractivity contribution in [2.75, 3.05) is 17.4 Å². The summed E-state index contributed by atoms with van der Waals surface area (Å²) in [4.78, 5) is 43.0. The Morgan fingerprint density at radius 3 is 2.67 bits per heavy atom. The van der Waals surface area contributed by atoms with Crippen LogP contribution < -0.4 is 26.2 Å². The molecule has 2 aromatic heterocycles. The van der Waals surface area contributed by atoms with Gasteiger partial charge in [0.2, 0.25) is 5.88 Å². The number of esters is 1. The third kappa shape index (κ3) is 4.55. The highest BCUT2D eigenvalue weighted by molar-refractivity contribution is 6.32. The number of rotatable bonds is 6. The Balaban J connectivity index is 1.84. The first kappa shape index (κ1) is 24.9. The van der Waals surface area contributed by atoms with Gasteiger partial charge in [0.1, 0.15) is 11.3 Å². The summed E-state index contributed by atoms with van der Waals surface area (Å²) in [7, 11) is 1.41. The number of nitrogens with zero attached hydrogens (tertiary/aromatic N) is 4. The predicted molar refractivity (Wildman–Crippen MR) is 132 cm³/mol. The van der Waals surface area contributed by atoms with Crippen molar-refractivity contribution in [3.05, 3.63) is 57.9 Å². The molecule has 188 valence electrons. The first-order valence-electron chi connectivity index (χ1n) is 10.9. The zero-order chi connectivity index (χ0) is 26.1. The smallest absolute Gasteiger partial charge is 0.342 e. The molecule has 13 heteroatoms. The van der Waals surface area contributed by atoms with Gasteiger partial charge in [-0.05, 0) is 44.0 Å². The Morgan fingerprint density at radius 1 is 1.28 bits per heavy atom. The van der Waals surface area contributed by atoms with Crippen molar-refractivity contribution in [3.63, 3.8) is 0 Å². The number of nitrogens with two attached hydrogens (primary N) is 1. The van der Waals surface area contributed by atoms with E-state index in [0.717, 1.165) is 5.01 Å². The molecule has 3 heterocycles. The van der Waals surface area contributed by atoms with Gasteiger partial charge in [-0.2, -0.15) is 0 Å². The van der Waals surface area contributed by atoms with E-state index in [0.29, 0.717) is 11.1 Å². The van der Waals surface area contributed by atoms with Crippen molar-refractivity contribution >= 4 is 40.9 Å². The van der Waals surface area contributed by atoms with Crippen LogP contribution in [0.1, 0.15) is 45.8 Å². The van der Waals surface area contributed by atoms with E-state index >= 15 is 0 Å². The number of methoxy groups -OCH3 is 1. The molecule has 3 aromatic rings. The second-order valence-electron chi connectivity index (χ2n) is 8.16. The second-order valence-corrected chi connectivity index (χ2v) is 8.57. The Labute approximate surface area is 211 Å². The summed E-state index contributed by atoms with van der Waals surface area (Å²) < 4.78 is 11.9. The molecule has 1 aliphatic heterocycles. The molecule has 1 aromatic carbocycles. The number of urea groups is 1. The standard InChI is InChI=1S/C23H24ClN7O5/c1-11(2)36-22(33)17-18(12(3)8-13-10-27-31(19(13)17)23(25)34)28-21(32)15-9-16(35-4)29-30(15)20-14(24)6-5-7-26-20/h5-9,11,27H,10H2,1-4H3,(H2,25,34)(H,28,32). The lowest BCUT2D eigenvalue weighted by Crippen LogP contribution is -2.42. The highest BCUT2D eigenvalue weighted by Gasteiger charge is 2.34. The number of ether oxygens (including phenoxy) is 2. The largest absolute Gasteiger partial charge is 0.480 e. The van der Waals surface area contributed by atoms with Gasteiger partial charge in [-0.15, -0.1) is 5.10 Å². The number of aryl methyl sites for hydroxylation is 1. The number of benzene rings is 1. The maximum atomic E-state index is 13.5. The lowest BCUT2D eigenvalue weighted by atomic mass is 10.00. The summed E-state index contributed by atoms with van der Waals surface area (Å²) in [5.74, 6) is -1.00. The summed E-state index contributed by atoms with van der Waals surface area (Å²) >= 11 is 6.28. The van der Waals surface area contributed by atoms with E-state index in [1.807, 2.05) is 0 Å². The number of primary amides is 1. The van der Waals surface area contributed by atoms with Gasteiger partial charge in [0.15, 0.2) is 5.82 Å². The minimum atomic E-state index is -0.818. The molecule has 1 aliphatic rings. The fourth-order valence-electron chi connectivity index (χ4n) is 3.83. The number of hydrogen-bond acceptors (Lipinski definition) is 8. The molecular formula is C23H24ClN7O5. The number of hydrogen-bond donors (Lipinski definition) is 3. The van der Waals surface area contributed by atoms with E-state index in [9.17, 15) is 14.4 Å². The van der Waals surface area contributed by atoms with E-state index in [2.05, 4.69) is 20.8 Å². The Hall–Kier alpha value is -4.16. The molecule has 0 unspecified atom stereocenters. The number of aromatic nitrogens is 3. The molecule has 4 N–H and O–H groups in total. The first-order valence-corrected chi connectivity index (χ1v) is 11.3. The fourth-order valence-corrected chi connectivity index (χ4v) is 4.03. The van der Waals surface area contributed by atoms with Crippen LogP contribution in [-0.2, 0) is 11.3 Å². The van der Waals surface area contributed by atoms with Crippen LogP contribution in [-0.4, -0.2) is 45.9 Å². The minimum Gasteiger partial charge on any atom is -0.480 e. The monoisotopic (exact) mass is 513 g/mol. The molecule has 0 atom stereocenters. The zero-order valence-electron chi connectivity index (χ0n) is 20.0. The third-order valence-electron chi connectivity index (χ3n) is 5.30. The molecule has 0 fully saturated rings. The predicted octanol–water partition coefficient (Wildman–Crippen LogP) is 2.96. The van der Waals surface area contributed by atoms with Crippen LogP contribution in [0.15, 0.2) is 30.5 Å². The number of halogens is 1. The second kappa shape index (κ2) is 9.84. The van der Waals surface area contributed by atoms with Crippen molar-refractivity contribution in [2.45, 2.75) is 33.4 Å². The quantitative estimate of drug-likeness (QED) is 0.425. The normalized spacial score (nSPS) is 12.4. The SMILES string of the molecule is COc1cc(C(=O)Nc2c(C)cc3c(c2C(=O)OC(C)C)N(C(N)=O)NC3)n(-c2ncccc2Cl)n1. The number of hydrazine groups is 1. The number of fused-ring (bicyclic) bond motifs is 1. The molecule has 12 nitrogen and oxygen atoms in total. The van der Waals surface area contributed by atoms with Crippen molar-refractivity contribution < 1.29 is 23.9 Å². The van der Waals surface area contributed by atoms with Crippen LogP contribution in [0.2, 0.25) is 5.02 Å². The Morgan fingerprint density at radius 2 is 2.03 bits per heavy atom. The molecule has 36 heavy (non-hydrogen) atoms. The van der Waals surface area contributed by atoms with Gasteiger partial charge in [0.05, 0.1) is 29.6 Å². The van der Waals surface area contributed by atoms with Crippen LogP contribution in [0.25, 0.3) is 5.82 Å². The summed E-state index contributed by atoms with van der Waals surface area (Å²) in [6.07, 6.45) is 1.05. The molecule has 3 amide bonds. The average Bonchev–Trinajstić information content (AvgIpc) is 3.43. The van der Waals surface area contributed by atoms with Gasteiger partial charge in [-0.3, -0.25) is 4.79 Å². The van der Waals surface area contributed by atoms with Crippen LogP contribution >= 0.6 is 11.6 Å². The van der Waals surface area contributed by atoms with Crippen LogP contribution in [0.3, 0.4) is 0 Å². The summed E-state index contributed by atoms with van der Waals surface area (Å²) in [6.45, 7) is 5.37. The minimum absolute atomic E-state index is 0.00949. The number of pyridine rings is 1. The highest BCUT2D eigenvalue weighted by Crippen LogP contribution is 2.38. The fraction of sp³-hybridized carbons (Fsp3) is 0.261. The van der Waals surface area contributed by atoms with Gasteiger partial charge < -0.3 is 20.5 Å². The van der Waals surface area contributed by atoms with E-state index in [1.54, 1.807) is 39.0 Å². The summed E-state index contributed by atoms with van der Waals surface area (Å²) in [6, 6.07) is 5.59. The van der Waals surface area contributed by atoms with Crippen molar-refractivity contribution in [1.82, 2.24) is 20.2 Å². The molecule has 0 spiro atoms. The Bertz CT molecular complexity index is 1370.